The first-order valence-corrected chi connectivity index (χ1v) is 19.6. The molecule has 0 spiro atoms. The zero-order valence-electron chi connectivity index (χ0n) is 31.7. The summed E-state index contributed by atoms with van der Waals surface area (Å²) >= 11 is 0. The van der Waals surface area contributed by atoms with E-state index >= 15 is 0 Å². The van der Waals surface area contributed by atoms with Crippen LogP contribution in [0.3, 0.4) is 0 Å². The molecule has 2 heteroatoms. The fraction of sp³-hybridized carbons (Fsp3) is 0.0741. The molecule has 9 aromatic carbocycles. The Morgan fingerprint density at radius 2 is 0.875 bits per heavy atom. The summed E-state index contributed by atoms with van der Waals surface area (Å²) in [6.07, 6.45) is 9.93. The number of para-hydroxylation sites is 3. The van der Waals surface area contributed by atoms with Crippen molar-refractivity contribution in [1.82, 2.24) is 0 Å². The maximum absolute atomic E-state index is 2.56. The van der Waals surface area contributed by atoms with Crippen LogP contribution in [0.15, 0.2) is 200 Å². The van der Waals surface area contributed by atoms with Gasteiger partial charge >= 0.3 is 0 Å². The van der Waals surface area contributed by atoms with Gasteiger partial charge in [0.2, 0.25) is 0 Å². The molecular formula is C54H42N2. The molecule has 9 aromatic rings. The van der Waals surface area contributed by atoms with Crippen molar-refractivity contribution in [3.8, 4) is 22.3 Å². The third-order valence-electron chi connectivity index (χ3n) is 11.4. The third kappa shape index (κ3) is 5.82. The Bertz CT molecular complexity index is 2830. The molecule has 0 amide bonds. The van der Waals surface area contributed by atoms with Crippen LogP contribution in [0.1, 0.15) is 17.5 Å². The molecule has 56 heavy (non-hydrogen) atoms. The first-order chi connectivity index (χ1) is 27.6. The lowest BCUT2D eigenvalue weighted by atomic mass is 9.85. The van der Waals surface area contributed by atoms with E-state index in [0.717, 1.165) is 23.5 Å². The summed E-state index contributed by atoms with van der Waals surface area (Å²) in [5.74, 6) is 0. The molecule has 0 saturated heterocycles. The molecule has 0 aliphatic heterocycles. The normalized spacial score (nSPS) is 13.9. The van der Waals surface area contributed by atoms with Gasteiger partial charge in [-0.25, -0.2) is 0 Å². The van der Waals surface area contributed by atoms with E-state index in [1.165, 1.54) is 77.1 Å². The van der Waals surface area contributed by atoms with E-state index in [9.17, 15) is 0 Å². The Kier molecular flexibility index (Phi) is 8.45. The Morgan fingerprint density at radius 1 is 0.429 bits per heavy atom. The average molecular weight is 719 g/mol. The van der Waals surface area contributed by atoms with Crippen molar-refractivity contribution < 1.29 is 0 Å². The van der Waals surface area contributed by atoms with Gasteiger partial charge in [-0.15, -0.1) is 0 Å². The number of rotatable bonds is 8. The van der Waals surface area contributed by atoms with Gasteiger partial charge < -0.3 is 9.80 Å². The van der Waals surface area contributed by atoms with Crippen molar-refractivity contribution in [2.24, 2.45) is 0 Å². The summed E-state index contributed by atoms with van der Waals surface area (Å²) in [6, 6.07) is 65.2. The lowest BCUT2D eigenvalue weighted by Crippen LogP contribution is -2.30. The molecule has 10 rings (SSSR count). The monoisotopic (exact) mass is 718 g/mol. The van der Waals surface area contributed by atoms with Crippen LogP contribution in [0.5, 0.6) is 0 Å². The van der Waals surface area contributed by atoms with Gasteiger partial charge in [-0.1, -0.05) is 163 Å². The van der Waals surface area contributed by atoms with Crippen molar-refractivity contribution >= 4 is 60.8 Å². The molecule has 0 radical (unpaired) electrons. The average Bonchev–Trinajstić information content (AvgIpc) is 3.26. The molecule has 0 fully saturated rings. The van der Waals surface area contributed by atoms with Crippen LogP contribution in [0.4, 0.5) is 28.4 Å². The second-order valence-electron chi connectivity index (χ2n) is 15.0. The molecule has 2 nitrogen and oxygen atoms in total. The van der Waals surface area contributed by atoms with E-state index in [-0.39, 0.29) is 6.04 Å². The summed E-state index contributed by atoms with van der Waals surface area (Å²) in [4.78, 5) is 4.99. The predicted molar refractivity (Wildman–Crippen MR) is 240 cm³/mol. The zero-order valence-corrected chi connectivity index (χ0v) is 31.7. The van der Waals surface area contributed by atoms with Crippen molar-refractivity contribution in [2.45, 2.75) is 26.3 Å². The molecule has 0 aromatic heterocycles. The van der Waals surface area contributed by atoms with E-state index in [1.54, 1.807) is 0 Å². The van der Waals surface area contributed by atoms with Gasteiger partial charge in [0.1, 0.15) is 0 Å². The number of benzene rings is 9. The van der Waals surface area contributed by atoms with E-state index in [0.29, 0.717) is 0 Å². The smallest absolute Gasteiger partial charge is 0.0560 e. The molecular weight excluding hydrogens is 677 g/mol. The number of anilines is 5. The van der Waals surface area contributed by atoms with Crippen LogP contribution in [0.2, 0.25) is 0 Å². The molecule has 1 atom stereocenters. The highest BCUT2D eigenvalue weighted by molar-refractivity contribution is 6.32. The van der Waals surface area contributed by atoms with Gasteiger partial charge in [-0.3, -0.25) is 0 Å². The maximum atomic E-state index is 2.56. The summed E-state index contributed by atoms with van der Waals surface area (Å²) in [6.45, 7) is 4.33. The lowest BCUT2D eigenvalue weighted by Gasteiger charge is -2.35. The molecule has 0 saturated carbocycles. The van der Waals surface area contributed by atoms with Gasteiger partial charge in [0, 0.05) is 38.6 Å². The van der Waals surface area contributed by atoms with Gasteiger partial charge in [0.15, 0.2) is 0 Å². The largest absolute Gasteiger partial charge is 0.334 e. The highest BCUT2D eigenvalue weighted by atomic mass is 15.2. The number of allylic oxidation sites excluding steroid dienone is 2. The first-order valence-electron chi connectivity index (χ1n) is 19.6. The minimum absolute atomic E-state index is 0.164. The summed E-state index contributed by atoms with van der Waals surface area (Å²) < 4.78 is 0. The minimum atomic E-state index is 0.164. The molecule has 0 bridgehead atoms. The van der Waals surface area contributed by atoms with Gasteiger partial charge in [0.25, 0.3) is 0 Å². The number of hydrogen-bond donors (Lipinski definition) is 0. The van der Waals surface area contributed by atoms with Gasteiger partial charge in [-0.2, -0.15) is 0 Å². The fourth-order valence-electron chi connectivity index (χ4n) is 8.72. The molecule has 1 unspecified atom stereocenters. The van der Waals surface area contributed by atoms with Crippen molar-refractivity contribution in [1.29, 1.82) is 0 Å². The lowest BCUT2D eigenvalue weighted by molar-refractivity contribution is 0.787. The molecule has 268 valence electrons. The highest BCUT2D eigenvalue weighted by Crippen LogP contribution is 2.51. The summed E-state index contributed by atoms with van der Waals surface area (Å²) in [7, 11) is 0. The first kappa shape index (κ1) is 33.7. The number of hydrogen-bond acceptors (Lipinski definition) is 2. The van der Waals surface area contributed by atoms with Crippen LogP contribution >= 0.6 is 0 Å². The Labute approximate surface area is 329 Å². The topological polar surface area (TPSA) is 6.48 Å². The second-order valence-corrected chi connectivity index (χ2v) is 15.0. The van der Waals surface area contributed by atoms with Crippen LogP contribution in [-0.4, -0.2) is 6.04 Å². The molecule has 1 aliphatic rings. The Hall–Kier alpha value is -6.90. The zero-order chi connectivity index (χ0) is 37.6. The van der Waals surface area contributed by atoms with Crippen LogP contribution in [0, 0.1) is 13.8 Å². The van der Waals surface area contributed by atoms with Crippen LogP contribution < -0.4 is 9.80 Å². The van der Waals surface area contributed by atoms with Crippen molar-refractivity contribution in [2.75, 3.05) is 9.80 Å². The molecule has 0 heterocycles. The van der Waals surface area contributed by atoms with Crippen molar-refractivity contribution in [3.63, 3.8) is 0 Å². The molecule has 1 aliphatic carbocycles. The Balaban J connectivity index is 1.37. The minimum Gasteiger partial charge on any atom is -0.334 e. The van der Waals surface area contributed by atoms with E-state index in [4.69, 9.17) is 0 Å². The van der Waals surface area contributed by atoms with E-state index in [2.05, 4.69) is 224 Å². The van der Waals surface area contributed by atoms with Gasteiger partial charge in [0.05, 0.1) is 17.4 Å². The number of nitrogens with zero attached hydrogens (tertiary/aromatic N) is 2. The predicted octanol–water partition coefficient (Wildman–Crippen LogP) is 15.0. The highest BCUT2D eigenvalue weighted by Gasteiger charge is 2.27. The SMILES string of the molecule is Cc1ccc(-c2cc(N(c3ccccc3)c3ccccc3)c3ccc4c(-c5ccc(C)cc5)cc(N(c5ccccc5)C5C=CC=CC5)c5ccc2c3c45)cc1. The van der Waals surface area contributed by atoms with Gasteiger partial charge in [-0.05, 0) is 102 Å². The fourth-order valence-corrected chi connectivity index (χ4v) is 8.72. The third-order valence-corrected chi connectivity index (χ3v) is 11.4. The Morgan fingerprint density at radius 3 is 1.36 bits per heavy atom. The van der Waals surface area contributed by atoms with Crippen molar-refractivity contribution in [3.05, 3.63) is 211 Å². The van der Waals surface area contributed by atoms with E-state index in [1.807, 2.05) is 0 Å². The quantitative estimate of drug-likeness (QED) is 0.144. The molecule has 0 N–H and O–H groups in total. The van der Waals surface area contributed by atoms with E-state index < -0.39 is 0 Å². The maximum Gasteiger partial charge on any atom is 0.0560 e. The summed E-state index contributed by atoms with van der Waals surface area (Å²) in [5, 5.41) is 7.56. The summed E-state index contributed by atoms with van der Waals surface area (Å²) in [5.41, 5.74) is 13.2. The second kappa shape index (κ2) is 14.1. The van der Waals surface area contributed by atoms with Crippen LogP contribution in [0.25, 0.3) is 54.6 Å². The standard InChI is InChI=1S/C54H42N2/c1-37-23-27-39(28-24-37)49-35-51(55(41-15-7-3-8-16-41)42-17-9-4-10-18-42)47-34-32-46-50(40-29-25-38(2)26-30-40)36-52(48-33-31-45(49)53(47)54(46)48)56(43-19-11-5-12-20-43)44-21-13-6-14-22-44/h3-21,23-36,44H,22H2,1-2H3. The number of aryl methyl sites for hydroxylation is 2. The van der Waals surface area contributed by atoms with Crippen LogP contribution in [-0.2, 0) is 0 Å².